The van der Waals surface area contributed by atoms with Gasteiger partial charge in [-0.25, -0.2) is 0 Å². The second-order valence-electron chi connectivity index (χ2n) is 5.01. The van der Waals surface area contributed by atoms with Gasteiger partial charge in [-0.1, -0.05) is 31.9 Å². The largest absolute Gasteiger partial charge is 0.0883 e. The Morgan fingerprint density at radius 1 is 0.923 bits per heavy atom. The van der Waals surface area contributed by atoms with Gasteiger partial charge in [0.25, 0.3) is 0 Å². The maximum absolute atomic E-state index is 2.43. The Morgan fingerprint density at radius 3 is 2.46 bits per heavy atom. The van der Waals surface area contributed by atoms with Crippen LogP contribution in [0.25, 0.3) is 0 Å². The maximum atomic E-state index is 2.43. The van der Waals surface area contributed by atoms with Crippen molar-refractivity contribution >= 4 is 0 Å². The summed E-state index contributed by atoms with van der Waals surface area (Å²) in [6.45, 7) is 2.36. The third kappa shape index (κ3) is 2.36. The zero-order chi connectivity index (χ0) is 9.10. The molecular formula is C13H22. The molecule has 3 unspecified atom stereocenters. The Hall–Kier alpha value is -0.260. The van der Waals surface area contributed by atoms with Gasteiger partial charge in [0, 0.05) is 0 Å². The molecule has 0 saturated heterocycles. The smallest absolute Gasteiger partial charge is 0.0262 e. The van der Waals surface area contributed by atoms with Crippen molar-refractivity contribution in [3.05, 3.63) is 12.2 Å². The molecule has 2 aliphatic rings. The highest BCUT2D eigenvalue weighted by Gasteiger charge is 2.29. The molecule has 13 heavy (non-hydrogen) atoms. The minimum absolute atomic E-state index is 0.830. The average Bonchev–Trinajstić information content (AvgIpc) is 2.09. The normalized spacial score (nSPS) is 40.5. The minimum Gasteiger partial charge on any atom is -0.0883 e. The summed E-state index contributed by atoms with van der Waals surface area (Å²) >= 11 is 0. The number of hydrogen-bond donors (Lipinski definition) is 0. The first kappa shape index (κ1) is 9.30. The number of hydrogen-bond acceptors (Lipinski definition) is 0. The fraction of sp³-hybridized carbons (Fsp3) is 0.846. The van der Waals surface area contributed by atoms with Gasteiger partial charge in [-0.2, -0.15) is 0 Å². The molecule has 0 heteroatoms. The summed E-state index contributed by atoms with van der Waals surface area (Å²) in [6, 6.07) is 0. The maximum Gasteiger partial charge on any atom is -0.0262 e. The van der Waals surface area contributed by atoms with Gasteiger partial charge < -0.3 is 0 Å². The van der Waals surface area contributed by atoms with Crippen LogP contribution in [0.5, 0.6) is 0 Å². The molecule has 2 rings (SSSR count). The molecular weight excluding hydrogens is 156 g/mol. The zero-order valence-electron chi connectivity index (χ0n) is 8.84. The van der Waals surface area contributed by atoms with Gasteiger partial charge in [0.2, 0.25) is 0 Å². The van der Waals surface area contributed by atoms with E-state index in [4.69, 9.17) is 0 Å². The zero-order valence-corrected chi connectivity index (χ0v) is 8.84. The molecule has 2 aliphatic carbocycles. The minimum atomic E-state index is 0.830. The molecule has 0 spiro atoms. The van der Waals surface area contributed by atoms with E-state index in [0.717, 1.165) is 17.8 Å². The van der Waals surface area contributed by atoms with Crippen molar-refractivity contribution in [1.82, 2.24) is 0 Å². The quantitative estimate of drug-likeness (QED) is 0.488. The van der Waals surface area contributed by atoms with Crippen LogP contribution in [0, 0.1) is 17.8 Å². The molecule has 0 aromatic carbocycles. The van der Waals surface area contributed by atoms with Crippen LogP contribution in [0.4, 0.5) is 0 Å². The molecule has 0 amide bonds. The van der Waals surface area contributed by atoms with Crippen molar-refractivity contribution in [2.75, 3.05) is 0 Å². The molecule has 3 atom stereocenters. The van der Waals surface area contributed by atoms with E-state index in [1.54, 1.807) is 0 Å². The van der Waals surface area contributed by atoms with Crippen molar-refractivity contribution in [2.45, 2.75) is 51.9 Å². The predicted octanol–water partition coefficient (Wildman–Crippen LogP) is 4.17. The van der Waals surface area contributed by atoms with E-state index in [9.17, 15) is 0 Å². The lowest BCUT2D eigenvalue weighted by Crippen LogP contribution is -2.25. The van der Waals surface area contributed by atoms with E-state index in [2.05, 4.69) is 19.1 Å². The molecule has 1 fully saturated rings. The average molecular weight is 178 g/mol. The van der Waals surface area contributed by atoms with E-state index in [0.29, 0.717) is 0 Å². The van der Waals surface area contributed by atoms with E-state index in [1.165, 1.54) is 44.9 Å². The molecule has 0 aliphatic heterocycles. The highest BCUT2D eigenvalue weighted by Crippen LogP contribution is 2.41. The summed E-state index contributed by atoms with van der Waals surface area (Å²) in [5.74, 6) is 3.04. The van der Waals surface area contributed by atoms with Crippen LogP contribution in [-0.2, 0) is 0 Å². The highest BCUT2D eigenvalue weighted by atomic mass is 14.3. The summed E-state index contributed by atoms with van der Waals surface area (Å²) in [7, 11) is 0. The third-order valence-corrected chi connectivity index (χ3v) is 3.98. The highest BCUT2D eigenvalue weighted by molar-refractivity contribution is 4.90. The topological polar surface area (TPSA) is 0 Å². The van der Waals surface area contributed by atoms with Crippen molar-refractivity contribution in [1.29, 1.82) is 0 Å². The van der Waals surface area contributed by atoms with Crippen LogP contribution in [-0.4, -0.2) is 0 Å². The lowest BCUT2D eigenvalue weighted by atomic mass is 9.68. The fourth-order valence-corrected chi connectivity index (χ4v) is 2.84. The Labute approximate surface area is 82.4 Å². The fourth-order valence-electron chi connectivity index (χ4n) is 2.84. The molecule has 0 aromatic rings. The first-order valence-electron chi connectivity index (χ1n) is 6.03. The monoisotopic (exact) mass is 178 g/mol. The number of rotatable bonds is 0. The van der Waals surface area contributed by atoms with E-state index in [1.807, 2.05) is 0 Å². The summed E-state index contributed by atoms with van der Waals surface area (Å²) in [5, 5.41) is 0. The predicted molar refractivity (Wildman–Crippen MR) is 57.6 cm³/mol. The van der Waals surface area contributed by atoms with Crippen LogP contribution in [0.1, 0.15) is 51.9 Å². The van der Waals surface area contributed by atoms with Gasteiger partial charge in [-0.3, -0.25) is 0 Å². The number of fused-ring (bicyclic) bond motifs is 1. The summed E-state index contributed by atoms with van der Waals surface area (Å²) in [4.78, 5) is 0. The first-order valence-corrected chi connectivity index (χ1v) is 6.03. The molecule has 0 N–H and O–H groups in total. The molecule has 1 saturated carbocycles. The lowest BCUT2D eigenvalue weighted by molar-refractivity contribution is 0.148. The molecule has 0 nitrogen and oxygen atoms in total. The Balaban J connectivity index is 1.87. The Bertz CT molecular complexity index is 180. The Kier molecular flexibility index (Phi) is 3.08. The van der Waals surface area contributed by atoms with Crippen LogP contribution in [0.3, 0.4) is 0 Å². The third-order valence-electron chi connectivity index (χ3n) is 3.98. The van der Waals surface area contributed by atoms with Gasteiger partial charge in [0.1, 0.15) is 0 Å². The van der Waals surface area contributed by atoms with E-state index in [-0.39, 0.29) is 0 Å². The second kappa shape index (κ2) is 4.30. The Morgan fingerprint density at radius 2 is 1.69 bits per heavy atom. The van der Waals surface area contributed by atoms with E-state index < -0.39 is 0 Å². The molecule has 0 radical (unpaired) electrons. The lowest BCUT2D eigenvalue weighted by Gasteiger charge is -2.37. The first-order chi connectivity index (χ1) is 6.36. The van der Waals surface area contributed by atoms with Gasteiger partial charge in [-0.05, 0) is 49.9 Å². The standard InChI is InChI=1S/C13H22/c1-11-5-2-3-7-12-9-10-13(12)8-4-6-11/h2,5,11-13H,3-4,6-10H2,1H3. The van der Waals surface area contributed by atoms with E-state index >= 15 is 0 Å². The molecule has 0 bridgehead atoms. The van der Waals surface area contributed by atoms with Gasteiger partial charge >= 0.3 is 0 Å². The van der Waals surface area contributed by atoms with Crippen molar-refractivity contribution in [3.63, 3.8) is 0 Å². The van der Waals surface area contributed by atoms with Crippen molar-refractivity contribution in [3.8, 4) is 0 Å². The summed E-state index contributed by atoms with van der Waals surface area (Å²) in [6.07, 6.45) is 15.1. The summed E-state index contributed by atoms with van der Waals surface area (Å²) in [5.41, 5.74) is 0. The molecule has 0 aromatic heterocycles. The van der Waals surface area contributed by atoms with Gasteiger partial charge in [-0.15, -0.1) is 0 Å². The van der Waals surface area contributed by atoms with Crippen molar-refractivity contribution in [2.24, 2.45) is 17.8 Å². The van der Waals surface area contributed by atoms with Crippen molar-refractivity contribution < 1.29 is 0 Å². The SMILES string of the molecule is CC1C=CCCC2CCC2CCC1. The van der Waals surface area contributed by atoms with Gasteiger partial charge in [0.05, 0.1) is 0 Å². The number of allylic oxidation sites excluding steroid dienone is 2. The van der Waals surface area contributed by atoms with Crippen LogP contribution in [0.2, 0.25) is 0 Å². The van der Waals surface area contributed by atoms with Crippen LogP contribution in [0.15, 0.2) is 12.2 Å². The summed E-state index contributed by atoms with van der Waals surface area (Å²) < 4.78 is 0. The second-order valence-corrected chi connectivity index (χ2v) is 5.01. The molecule has 74 valence electrons. The van der Waals surface area contributed by atoms with Crippen LogP contribution < -0.4 is 0 Å². The van der Waals surface area contributed by atoms with Crippen LogP contribution >= 0.6 is 0 Å². The molecule has 0 heterocycles. The van der Waals surface area contributed by atoms with Gasteiger partial charge in [0.15, 0.2) is 0 Å².